The van der Waals surface area contributed by atoms with E-state index in [0.29, 0.717) is 51.4 Å². The van der Waals surface area contributed by atoms with E-state index in [-0.39, 0.29) is 18.2 Å². The Balaban J connectivity index is 1.99. The van der Waals surface area contributed by atoms with Crippen molar-refractivity contribution in [2.75, 3.05) is 19.8 Å². The maximum absolute atomic E-state index is 13.0. The maximum atomic E-state index is 13.0. The Kier molecular flexibility index (Phi) is 5.89. The van der Waals surface area contributed by atoms with Gasteiger partial charge in [0.1, 0.15) is 24.1 Å². The highest BCUT2D eigenvalue weighted by Gasteiger charge is 2.28. The van der Waals surface area contributed by atoms with Crippen molar-refractivity contribution >= 4 is 28.6 Å². The third-order valence-corrected chi connectivity index (χ3v) is 4.99. The Labute approximate surface area is 166 Å². The van der Waals surface area contributed by atoms with Crippen molar-refractivity contribution in [2.45, 2.75) is 13.8 Å². The van der Waals surface area contributed by atoms with E-state index >= 15 is 0 Å². The Morgan fingerprint density at radius 3 is 2.68 bits per heavy atom. The lowest BCUT2D eigenvalue weighted by molar-refractivity contribution is -0.137. The molecule has 146 valence electrons. The third kappa shape index (κ3) is 4.12. The molecule has 0 atom stereocenters. The number of Topliss-reactive ketones (excluding diaryl/α,β-unsaturated/α-hetero) is 1. The van der Waals surface area contributed by atoms with Crippen molar-refractivity contribution in [3.63, 3.8) is 0 Å². The summed E-state index contributed by atoms with van der Waals surface area (Å²) in [5.41, 5.74) is 6.99. The first-order valence-corrected chi connectivity index (χ1v) is 9.47. The number of aliphatic imine (C=N–C) groups is 1. The van der Waals surface area contributed by atoms with E-state index in [2.05, 4.69) is 11.6 Å². The number of benzene rings is 1. The summed E-state index contributed by atoms with van der Waals surface area (Å²) in [7, 11) is 0. The average Bonchev–Trinajstić information content (AvgIpc) is 3.09. The fraction of sp³-hybridized carbons (Fsp3) is 0.250. The molecule has 2 N–H and O–H groups in total. The molecule has 7 nitrogen and oxygen atoms in total. The van der Waals surface area contributed by atoms with Crippen LogP contribution >= 0.6 is 11.8 Å². The number of hydrogen-bond donors (Lipinski definition) is 1. The monoisotopic (exact) mass is 400 g/mol. The first-order valence-electron chi connectivity index (χ1n) is 8.66. The minimum atomic E-state index is -0.475. The van der Waals surface area contributed by atoms with Gasteiger partial charge in [-0.3, -0.25) is 4.79 Å². The van der Waals surface area contributed by atoms with E-state index in [0.717, 1.165) is 11.8 Å². The number of allylic oxidation sites excluding steroid dienone is 2. The molecule has 1 aromatic rings. The van der Waals surface area contributed by atoms with Gasteiger partial charge in [-0.2, -0.15) is 0 Å². The van der Waals surface area contributed by atoms with Crippen LogP contribution in [0.15, 0.2) is 57.7 Å². The minimum absolute atomic E-state index is 0.0816. The number of thioether (sulfide) groups is 1. The number of carbonyl (C=O) groups excluding carboxylic acids is 2. The van der Waals surface area contributed by atoms with E-state index in [1.807, 2.05) is 0 Å². The van der Waals surface area contributed by atoms with Gasteiger partial charge in [-0.05, 0) is 38.1 Å². The van der Waals surface area contributed by atoms with Crippen LogP contribution in [0.25, 0.3) is 0 Å². The van der Waals surface area contributed by atoms with E-state index in [4.69, 9.17) is 19.9 Å². The summed E-state index contributed by atoms with van der Waals surface area (Å²) in [6.45, 7) is 8.13. The minimum Gasteiger partial charge on any atom is -0.486 e. The second kappa shape index (κ2) is 8.35. The number of ether oxygens (including phenoxy) is 3. The number of esters is 1. The molecule has 0 unspecified atom stereocenters. The number of hydrogen-bond acceptors (Lipinski definition) is 8. The summed E-state index contributed by atoms with van der Waals surface area (Å²) in [6.07, 6.45) is 1.59. The Hall–Kier alpha value is -3.00. The van der Waals surface area contributed by atoms with Gasteiger partial charge in [0.05, 0.1) is 11.5 Å². The molecule has 0 saturated carbocycles. The van der Waals surface area contributed by atoms with Gasteiger partial charge in [0.25, 0.3) is 0 Å². The molecule has 3 rings (SSSR count). The Morgan fingerprint density at radius 2 is 2.00 bits per heavy atom. The van der Waals surface area contributed by atoms with E-state index in [1.165, 1.54) is 0 Å². The largest absolute Gasteiger partial charge is 0.486 e. The zero-order valence-corrected chi connectivity index (χ0v) is 16.4. The lowest BCUT2D eigenvalue weighted by Crippen LogP contribution is -2.16. The highest BCUT2D eigenvalue weighted by Crippen LogP contribution is 2.36. The van der Waals surface area contributed by atoms with Crippen LogP contribution in [0.5, 0.6) is 11.5 Å². The predicted molar refractivity (Wildman–Crippen MR) is 108 cm³/mol. The van der Waals surface area contributed by atoms with Crippen LogP contribution in [0.4, 0.5) is 0 Å². The van der Waals surface area contributed by atoms with Crippen molar-refractivity contribution < 1.29 is 23.8 Å². The molecule has 0 aliphatic carbocycles. The van der Waals surface area contributed by atoms with Crippen molar-refractivity contribution in [2.24, 2.45) is 10.7 Å². The maximum Gasteiger partial charge on any atom is 0.345 e. The van der Waals surface area contributed by atoms with Gasteiger partial charge in [0.15, 0.2) is 17.3 Å². The van der Waals surface area contributed by atoms with E-state index < -0.39 is 5.97 Å². The van der Waals surface area contributed by atoms with Crippen LogP contribution in [0.2, 0.25) is 0 Å². The molecule has 1 aromatic carbocycles. The summed E-state index contributed by atoms with van der Waals surface area (Å²) < 4.78 is 16.1. The zero-order chi connectivity index (χ0) is 20.3. The van der Waals surface area contributed by atoms with Crippen molar-refractivity contribution in [1.82, 2.24) is 0 Å². The molecule has 0 saturated heterocycles. The highest BCUT2D eigenvalue weighted by atomic mass is 32.2. The lowest BCUT2D eigenvalue weighted by Gasteiger charge is -2.18. The number of ketones is 1. The molecule has 28 heavy (non-hydrogen) atoms. The van der Waals surface area contributed by atoms with Crippen LogP contribution in [-0.4, -0.2) is 36.6 Å². The Morgan fingerprint density at radius 1 is 1.29 bits per heavy atom. The first-order chi connectivity index (χ1) is 13.4. The molecular weight excluding hydrogens is 380 g/mol. The molecule has 2 aliphatic rings. The van der Waals surface area contributed by atoms with Crippen LogP contribution in [0.3, 0.4) is 0 Å². The molecule has 0 fully saturated rings. The summed E-state index contributed by atoms with van der Waals surface area (Å²) >= 11 is 1.10. The van der Waals surface area contributed by atoms with E-state index in [1.54, 1.807) is 38.1 Å². The molecule has 0 amide bonds. The van der Waals surface area contributed by atoms with Crippen molar-refractivity contribution in [3.8, 4) is 11.5 Å². The Bertz CT molecular complexity index is 946. The van der Waals surface area contributed by atoms with Gasteiger partial charge >= 0.3 is 5.97 Å². The van der Waals surface area contributed by atoms with Gasteiger partial charge in [0, 0.05) is 16.7 Å². The first kappa shape index (κ1) is 19.8. The summed E-state index contributed by atoms with van der Waals surface area (Å²) in [6, 6.07) is 5.04. The number of carbonyl (C=O) groups is 2. The van der Waals surface area contributed by atoms with Crippen molar-refractivity contribution in [3.05, 3.63) is 58.3 Å². The second-order valence-electron chi connectivity index (χ2n) is 5.97. The number of rotatable bonds is 5. The fourth-order valence-electron chi connectivity index (χ4n) is 2.69. The number of fused-ring (bicyclic) bond motifs is 1. The normalized spacial score (nSPS) is 18.5. The number of nitrogens with two attached hydrogens (primary N) is 1. The van der Waals surface area contributed by atoms with Gasteiger partial charge in [-0.1, -0.05) is 18.3 Å². The molecule has 0 aromatic heterocycles. The molecule has 8 heteroatoms. The number of nitrogens with zero attached hydrogens (tertiary/aromatic N) is 1. The molecule has 0 spiro atoms. The quantitative estimate of drug-likeness (QED) is 0.461. The molecular formula is C20H20N2O5S. The summed E-state index contributed by atoms with van der Waals surface area (Å²) in [5.74, 6) is 0.526. The summed E-state index contributed by atoms with van der Waals surface area (Å²) in [5, 5.41) is 0.430. The molecule has 2 aliphatic heterocycles. The smallest absolute Gasteiger partial charge is 0.345 e. The highest BCUT2D eigenvalue weighted by molar-refractivity contribution is 8.18. The van der Waals surface area contributed by atoms with Crippen LogP contribution in [0.1, 0.15) is 24.2 Å². The van der Waals surface area contributed by atoms with Crippen LogP contribution in [0, 0.1) is 0 Å². The van der Waals surface area contributed by atoms with Gasteiger partial charge in [-0.15, -0.1) is 0 Å². The SMILES string of the molecule is C=C(N)/N=C1/SC(C(=O)OCC)=C/C1=C(/C)C(=O)c1ccc2c(c1)OCCO2. The zero-order valence-electron chi connectivity index (χ0n) is 15.6. The standard InChI is InChI=1S/C20H20N2O5S/c1-4-25-20(24)17-10-14(19(28-17)22-12(3)21)11(2)18(23)13-5-6-15-16(9-13)27-8-7-26-15/h5-6,9-10H,3-4,7-8,21H2,1-2H3/b14-11+,22-19+. The van der Waals surface area contributed by atoms with Crippen molar-refractivity contribution in [1.29, 1.82) is 0 Å². The topological polar surface area (TPSA) is 100 Å². The molecule has 0 radical (unpaired) electrons. The molecule has 0 bridgehead atoms. The van der Waals surface area contributed by atoms with E-state index in [9.17, 15) is 9.59 Å². The lowest BCUT2D eigenvalue weighted by atomic mass is 9.99. The third-order valence-electron chi connectivity index (χ3n) is 3.98. The fourth-order valence-corrected chi connectivity index (χ4v) is 3.70. The van der Waals surface area contributed by atoms with Crippen LogP contribution in [-0.2, 0) is 9.53 Å². The average molecular weight is 400 g/mol. The summed E-state index contributed by atoms with van der Waals surface area (Å²) in [4.78, 5) is 29.6. The van der Waals surface area contributed by atoms with Crippen LogP contribution < -0.4 is 15.2 Å². The predicted octanol–water partition coefficient (Wildman–Crippen LogP) is 2.98. The van der Waals surface area contributed by atoms with Gasteiger partial charge in [-0.25, -0.2) is 9.79 Å². The van der Waals surface area contributed by atoms with Gasteiger partial charge < -0.3 is 19.9 Å². The second-order valence-corrected chi connectivity index (χ2v) is 7.00. The van der Waals surface area contributed by atoms with Gasteiger partial charge in [0.2, 0.25) is 0 Å². The molecule has 2 heterocycles.